The molecule has 5 rings (SSSR count). The third kappa shape index (κ3) is 4.42. The fourth-order valence-electron chi connectivity index (χ4n) is 4.41. The van der Waals surface area contributed by atoms with E-state index in [0.29, 0.717) is 41.8 Å². The number of aryl methyl sites for hydroxylation is 1. The van der Waals surface area contributed by atoms with Gasteiger partial charge in [-0.3, -0.25) is 4.79 Å². The summed E-state index contributed by atoms with van der Waals surface area (Å²) < 4.78 is 16.2. The molecule has 8 heteroatoms. The van der Waals surface area contributed by atoms with Crippen LogP contribution in [0, 0.1) is 6.92 Å². The van der Waals surface area contributed by atoms with Crippen molar-refractivity contribution in [1.29, 1.82) is 0 Å². The number of hydrogen-bond donors (Lipinski definition) is 0. The van der Waals surface area contributed by atoms with Crippen molar-refractivity contribution >= 4 is 5.91 Å². The minimum atomic E-state index is -0.0157. The Morgan fingerprint density at radius 1 is 1.00 bits per heavy atom. The van der Waals surface area contributed by atoms with Gasteiger partial charge in [-0.1, -0.05) is 5.16 Å². The Hall–Kier alpha value is -3.42. The molecule has 1 saturated heterocycles. The average molecular weight is 449 g/mol. The second kappa shape index (κ2) is 8.84. The maximum atomic E-state index is 13.2. The quantitative estimate of drug-likeness (QED) is 0.553. The van der Waals surface area contributed by atoms with Gasteiger partial charge in [0.15, 0.2) is 5.76 Å². The Balaban J connectivity index is 1.36. The molecule has 172 valence electrons. The van der Waals surface area contributed by atoms with Crippen molar-refractivity contribution in [2.45, 2.75) is 44.4 Å². The van der Waals surface area contributed by atoms with Gasteiger partial charge in [0.2, 0.25) is 0 Å². The van der Waals surface area contributed by atoms with Crippen LogP contribution < -0.4 is 9.47 Å². The third-order valence-electron chi connectivity index (χ3n) is 6.44. The fraction of sp³-hybridized carbons (Fsp3) is 0.440. The van der Waals surface area contributed by atoms with Gasteiger partial charge in [0.05, 0.1) is 31.2 Å². The summed E-state index contributed by atoms with van der Waals surface area (Å²) in [4.78, 5) is 24.7. The van der Waals surface area contributed by atoms with E-state index < -0.39 is 0 Å². The van der Waals surface area contributed by atoms with Crippen LogP contribution in [0.15, 0.2) is 35.0 Å². The summed E-state index contributed by atoms with van der Waals surface area (Å²) in [6, 6.07) is 7.21. The zero-order chi connectivity index (χ0) is 22.9. The van der Waals surface area contributed by atoms with Crippen LogP contribution in [0.2, 0.25) is 0 Å². The molecular formula is C25H28N4O4. The van der Waals surface area contributed by atoms with Crippen LogP contribution in [0.1, 0.15) is 65.1 Å². The number of aromatic nitrogens is 3. The van der Waals surface area contributed by atoms with Crippen molar-refractivity contribution < 1.29 is 18.8 Å². The SMILES string of the molecule is COc1cc(OC)cc(C(=O)N2CCC(c3nc(C4CC4)ncc3-c3cc(C)no3)CC2)c1. The molecule has 0 spiro atoms. The Bertz CT molecular complexity index is 1140. The largest absolute Gasteiger partial charge is 0.497 e. The Labute approximate surface area is 192 Å². The second-order valence-corrected chi connectivity index (χ2v) is 8.80. The van der Waals surface area contributed by atoms with Gasteiger partial charge in [-0.25, -0.2) is 9.97 Å². The van der Waals surface area contributed by atoms with Gasteiger partial charge in [-0.05, 0) is 44.7 Å². The molecule has 1 saturated carbocycles. The summed E-state index contributed by atoms with van der Waals surface area (Å²) in [6.07, 6.45) is 5.84. The van der Waals surface area contributed by atoms with Gasteiger partial charge in [-0.2, -0.15) is 0 Å². The van der Waals surface area contributed by atoms with Crippen LogP contribution in [-0.4, -0.2) is 53.2 Å². The highest BCUT2D eigenvalue weighted by Gasteiger charge is 2.32. The zero-order valence-electron chi connectivity index (χ0n) is 19.2. The molecule has 3 heterocycles. The number of hydrogen-bond acceptors (Lipinski definition) is 7. The smallest absolute Gasteiger partial charge is 0.254 e. The minimum absolute atomic E-state index is 0.0157. The van der Waals surface area contributed by atoms with Crippen molar-refractivity contribution in [1.82, 2.24) is 20.0 Å². The summed E-state index contributed by atoms with van der Waals surface area (Å²) in [5, 5.41) is 4.04. The Kier molecular flexibility index (Phi) is 5.74. The molecule has 1 aliphatic carbocycles. The van der Waals surface area contributed by atoms with Crippen LogP contribution in [0.5, 0.6) is 11.5 Å². The first-order valence-corrected chi connectivity index (χ1v) is 11.4. The topological polar surface area (TPSA) is 90.6 Å². The predicted octanol–water partition coefficient (Wildman–Crippen LogP) is 4.35. The number of nitrogens with zero attached hydrogens (tertiary/aromatic N) is 4. The van der Waals surface area contributed by atoms with Crippen LogP contribution in [0.25, 0.3) is 11.3 Å². The highest BCUT2D eigenvalue weighted by atomic mass is 16.5. The number of rotatable bonds is 6. The van der Waals surface area contributed by atoms with E-state index in [-0.39, 0.29) is 11.8 Å². The minimum Gasteiger partial charge on any atom is -0.497 e. The molecular weight excluding hydrogens is 420 g/mol. The van der Waals surface area contributed by atoms with Gasteiger partial charge >= 0.3 is 0 Å². The van der Waals surface area contributed by atoms with Crippen LogP contribution in [0.4, 0.5) is 0 Å². The Morgan fingerprint density at radius 3 is 2.27 bits per heavy atom. The molecule has 2 aliphatic rings. The predicted molar refractivity (Wildman–Crippen MR) is 122 cm³/mol. The number of amides is 1. The maximum Gasteiger partial charge on any atom is 0.254 e. The van der Waals surface area contributed by atoms with E-state index in [1.807, 2.05) is 24.1 Å². The van der Waals surface area contributed by atoms with E-state index in [9.17, 15) is 4.79 Å². The molecule has 1 aliphatic heterocycles. The molecule has 33 heavy (non-hydrogen) atoms. The lowest BCUT2D eigenvalue weighted by molar-refractivity contribution is 0.0711. The highest BCUT2D eigenvalue weighted by Crippen LogP contribution is 2.41. The first-order chi connectivity index (χ1) is 16.1. The molecule has 8 nitrogen and oxygen atoms in total. The number of methoxy groups -OCH3 is 2. The summed E-state index contributed by atoms with van der Waals surface area (Å²) in [6.45, 7) is 3.21. The van der Waals surface area contributed by atoms with Crippen molar-refractivity contribution in [3.05, 3.63) is 53.2 Å². The number of carbonyl (C=O) groups excluding carboxylic acids is 1. The molecule has 0 N–H and O–H groups in total. The first-order valence-electron chi connectivity index (χ1n) is 11.4. The average Bonchev–Trinajstić information content (AvgIpc) is 3.63. The molecule has 0 bridgehead atoms. The summed E-state index contributed by atoms with van der Waals surface area (Å²) in [7, 11) is 3.17. The van der Waals surface area contributed by atoms with E-state index in [0.717, 1.165) is 48.5 Å². The molecule has 3 aromatic rings. The lowest BCUT2D eigenvalue weighted by atomic mass is 9.89. The highest BCUT2D eigenvalue weighted by molar-refractivity contribution is 5.95. The summed E-state index contributed by atoms with van der Waals surface area (Å²) in [5.74, 6) is 3.52. The number of ether oxygens (including phenoxy) is 2. The monoisotopic (exact) mass is 448 g/mol. The third-order valence-corrected chi connectivity index (χ3v) is 6.44. The molecule has 1 aromatic carbocycles. The van der Waals surface area contributed by atoms with E-state index in [2.05, 4.69) is 10.1 Å². The first kappa shape index (κ1) is 21.4. The van der Waals surface area contributed by atoms with Crippen molar-refractivity contribution in [3.8, 4) is 22.8 Å². The fourth-order valence-corrected chi connectivity index (χ4v) is 4.41. The number of benzene rings is 1. The number of likely N-dealkylation sites (tertiary alicyclic amines) is 1. The van der Waals surface area contributed by atoms with Gasteiger partial charge in [0.1, 0.15) is 17.3 Å². The van der Waals surface area contributed by atoms with Crippen LogP contribution in [0.3, 0.4) is 0 Å². The van der Waals surface area contributed by atoms with Gasteiger partial charge < -0.3 is 18.9 Å². The maximum absolute atomic E-state index is 13.2. The van der Waals surface area contributed by atoms with Crippen molar-refractivity contribution in [2.75, 3.05) is 27.3 Å². The Morgan fingerprint density at radius 2 is 1.70 bits per heavy atom. The van der Waals surface area contributed by atoms with E-state index in [1.165, 1.54) is 0 Å². The van der Waals surface area contributed by atoms with E-state index in [1.54, 1.807) is 32.4 Å². The van der Waals surface area contributed by atoms with Crippen LogP contribution >= 0.6 is 0 Å². The van der Waals surface area contributed by atoms with Gasteiger partial charge in [0, 0.05) is 48.8 Å². The van der Waals surface area contributed by atoms with E-state index in [4.69, 9.17) is 19.0 Å². The van der Waals surface area contributed by atoms with Crippen LogP contribution in [-0.2, 0) is 0 Å². The molecule has 1 amide bonds. The normalized spacial score (nSPS) is 16.6. The van der Waals surface area contributed by atoms with E-state index >= 15 is 0 Å². The zero-order valence-corrected chi connectivity index (χ0v) is 19.2. The summed E-state index contributed by atoms with van der Waals surface area (Å²) >= 11 is 0. The molecule has 0 atom stereocenters. The van der Waals surface area contributed by atoms with Crippen molar-refractivity contribution in [2.24, 2.45) is 0 Å². The summed E-state index contributed by atoms with van der Waals surface area (Å²) in [5.41, 5.74) is 3.32. The van der Waals surface area contributed by atoms with Crippen molar-refractivity contribution in [3.63, 3.8) is 0 Å². The lowest BCUT2D eigenvalue weighted by Gasteiger charge is -2.32. The standard InChI is InChI=1S/C25H28N4O4/c1-15-10-22(33-28-15)21-14-26-24(17-4-5-17)27-23(21)16-6-8-29(9-7-16)25(30)18-11-19(31-2)13-20(12-18)32-3/h10-14,16-17H,4-9H2,1-3H3. The second-order valence-electron chi connectivity index (χ2n) is 8.80. The van der Waals surface area contributed by atoms with Gasteiger partial charge in [0.25, 0.3) is 5.91 Å². The van der Waals surface area contributed by atoms with Gasteiger partial charge in [-0.15, -0.1) is 0 Å². The number of carbonyl (C=O) groups is 1. The lowest BCUT2D eigenvalue weighted by Crippen LogP contribution is -2.38. The molecule has 2 aromatic heterocycles. The molecule has 0 unspecified atom stereocenters. The molecule has 0 radical (unpaired) electrons. The molecule has 2 fully saturated rings. The number of piperidine rings is 1.